The number of hydrogen-bond acceptors (Lipinski definition) is 4. The number of nitrogens with zero attached hydrogens (tertiary/aromatic N) is 2. The Labute approximate surface area is 98.9 Å². The van der Waals surface area contributed by atoms with Crippen molar-refractivity contribution in [2.45, 2.75) is 6.42 Å². The van der Waals surface area contributed by atoms with E-state index in [1.807, 2.05) is 0 Å². The predicted molar refractivity (Wildman–Crippen MR) is 65.7 cm³/mol. The van der Waals surface area contributed by atoms with Gasteiger partial charge in [-0.3, -0.25) is 4.90 Å². The predicted octanol–water partition coefficient (Wildman–Crippen LogP) is -0.140. The van der Waals surface area contributed by atoms with Crippen LogP contribution in [0.2, 0.25) is 0 Å². The third-order valence-corrected chi connectivity index (χ3v) is 3.66. The first-order valence-electron chi connectivity index (χ1n) is 6.54. The van der Waals surface area contributed by atoms with Crippen LogP contribution in [0, 0.1) is 5.92 Å². The van der Waals surface area contributed by atoms with Gasteiger partial charge in [-0.05, 0) is 19.4 Å². The Bertz CT molecular complexity index is 187. The Morgan fingerprint density at radius 2 is 2.06 bits per heavy atom. The van der Waals surface area contributed by atoms with Crippen molar-refractivity contribution in [1.82, 2.24) is 15.1 Å². The second-order valence-corrected chi connectivity index (χ2v) is 5.08. The van der Waals surface area contributed by atoms with Gasteiger partial charge in [-0.1, -0.05) is 0 Å². The minimum absolute atomic E-state index is 0.757. The molecule has 0 radical (unpaired) electrons. The number of ether oxygens (including phenoxy) is 1. The van der Waals surface area contributed by atoms with Gasteiger partial charge in [0.1, 0.15) is 0 Å². The molecule has 1 N–H and O–H groups in total. The van der Waals surface area contributed by atoms with Gasteiger partial charge in [-0.25, -0.2) is 0 Å². The van der Waals surface area contributed by atoms with Crippen LogP contribution in [0.1, 0.15) is 6.42 Å². The average Bonchev–Trinajstić information content (AvgIpc) is 2.80. The Morgan fingerprint density at radius 3 is 2.75 bits per heavy atom. The Hall–Kier alpha value is -0.160. The van der Waals surface area contributed by atoms with Crippen molar-refractivity contribution < 1.29 is 4.74 Å². The quantitative estimate of drug-likeness (QED) is 0.662. The molecular weight excluding hydrogens is 202 g/mol. The first-order valence-corrected chi connectivity index (χ1v) is 6.54. The number of piperazine rings is 1. The lowest BCUT2D eigenvalue weighted by atomic mass is 10.1. The summed E-state index contributed by atoms with van der Waals surface area (Å²) in [5.41, 5.74) is 0. The van der Waals surface area contributed by atoms with E-state index in [4.69, 9.17) is 4.74 Å². The molecule has 2 aliphatic heterocycles. The van der Waals surface area contributed by atoms with Crippen LogP contribution in [-0.4, -0.2) is 75.9 Å². The third-order valence-electron chi connectivity index (χ3n) is 3.66. The van der Waals surface area contributed by atoms with Gasteiger partial charge in [0.25, 0.3) is 0 Å². The van der Waals surface area contributed by atoms with Gasteiger partial charge in [-0.15, -0.1) is 0 Å². The van der Waals surface area contributed by atoms with Crippen molar-refractivity contribution in [2.24, 2.45) is 5.92 Å². The molecule has 16 heavy (non-hydrogen) atoms. The maximum atomic E-state index is 5.36. The SMILES string of the molecule is CN1CCN(CCNCC2CCOC2)CC1. The van der Waals surface area contributed by atoms with E-state index in [1.54, 1.807) is 0 Å². The minimum atomic E-state index is 0.757. The van der Waals surface area contributed by atoms with Gasteiger partial charge in [0.05, 0.1) is 6.61 Å². The van der Waals surface area contributed by atoms with Gasteiger partial charge in [0.15, 0.2) is 0 Å². The van der Waals surface area contributed by atoms with Crippen LogP contribution in [0.5, 0.6) is 0 Å². The van der Waals surface area contributed by atoms with Gasteiger partial charge >= 0.3 is 0 Å². The van der Waals surface area contributed by atoms with Crippen molar-refractivity contribution in [3.63, 3.8) is 0 Å². The lowest BCUT2D eigenvalue weighted by molar-refractivity contribution is 0.153. The van der Waals surface area contributed by atoms with Gasteiger partial charge < -0.3 is 15.0 Å². The van der Waals surface area contributed by atoms with Crippen LogP contribution in [0.3, 0.4) is 0 Å². The molecule has 2 heterocycles. The molecule has 4 nitrogen and oxygen atoms in total. The van der Waals surface area contributed by atoms with E-state index < -0.39 is 0 Å². The number of likely N-dealkylation sites (N-methyl/N-ethyl adjacent to an activating group) is 1. The lowest BCUT2D eigenvalue weighted by Crippen LogP contribution is -2.46. The highest BCUT2D eigenvalue weighted by Gasteiger charge is 2.15. The zero-order chi connectivity index (χ0) is 11.2. The van der Waals surface area contributed by atoms with E-state index in [-0.39, 0.29) is 0 Å². The Morgan fingerprint density at radius 1 is 1.25 bits per heavy atom. The summed E-state index contributed by atoms with van der Waals surface area (Å²) in [6.07, 6.45) is 1.24. The fourth-order valence-corrected chi connectivity index (χ4v) is 2.36. The summed E-state index contributed by atoms with van der Waals surface area (Å²) in [7, 11) is 2.20. The number of rotatable bonds is 5. The second-order valence-electron chi connectivity index (χ2n) is 5.08. The van der Waals surface area contributed by atoms with Crippen molar-refractivity contribution in [3.8, 4) is 0 Å². The summed E-state index contributed by atoms with van der Waals surface area (Å²) in [6, 6.07) is 0. The van der Waals surface area contributed by atoms with Crippen LogP contribution in [0.15, 0.2) is 0 Å². The zero-order valence-corrected chi connectivity index (χ0v) is 10.5. The summed E-state index contributed by atoms with van der Waals surface area (Å²) >= 11 is 0. The number of hydrogen-bond donors (Lipinski definition) is 1. The standard InChI is InChI=1S/C12H25N3O/c1-14-5-7-15(8-6-14)4-3-13-10-12-2-9-16-11-12/h12-13H,2-11H2,1H3. The van der Waals surface area contributed by atoms with Crippen LogP contribution < -0.4 is 5.32 Å². The highest BCUT2D eigenvalue weighted by Crippen LogP contribution is 2.10. The molecule has 1 atom stereocenters. The molecule has 0 aromatic heterocycles. The summed E-state index contributed by atoms with van der Waals surface area (Å²) in [5.74, 6) is 0.757. The molecule has 1 unspecified atom stereocenters. The van der Waals surface area contributed by atoms with Crippen LogP contribution in [-0.2, 0) is 4.74 Å². The second kappa shape index (κ2) is 6.55. The molecule has 0 aliphatic carbocycles. The zero-order valence-electron chi connectivity index (χ0n) is 10.5. The molecule has 94 valence electrons. The average molecular weight is 227 g/mol. The van der Waals surface area contributed by atoms with Gasteiger partial charge in [0.2, 0.25) is 0 Å². The van der Waals surface area contributed by atoms with Crippen molar-refractivity contribution in [2.75, 3.05) is 66.1 Å². The molecule has 4 heteroatoms. The summed E-state index contributed by atoms with van der Waals surface area (Å²) in [6.45, 7) is 10.3. The normalized spacial score (nSPS) is 28.7. The Balaban J connectivity index is 1.48. The molecule has 0 amide bonds. The van der Waals surface area contributed by atoms with E-state index in [1.165, 1.54) is 39.1 Å². The molecule has 2 saturated heterocycles. The smallest absolute Gasteiger partial charge is 0.0507 e. The maximum Gasteiger partial charge on any atom is 0.0507 e. The summed E-state index contributed by atoms with van der Waals surface area (Å²) in [4.78, 5) is 4.96. The van der Waals surface area contributed by atoms with E-state index >= 15 is 0 Å². The van der Waals surface area contributed by atoms with E-state index in [2.05, 4.69) is 22.2 Å². The highest BCUT2D eigenvalue weighted by atomic mass is 16.5. The van der Waals surface area contributed by atoms with Gasteiger partial charge in [0, 0.05) is 52.4 Å². The molecule has 2 aliphatic rings. The number of nitrogens with one attached hydrogen (secondary N) is 1. The largest absolute Gasteiger partial charge is 0.381 e. The van der Waals surface area contributed by atoms with E-state index in [0.29, 0.717) is 0 Å². The van der Waals surface area contributed by atoms with E-state index in [9.17, 15) is 0 Å². The third kappa shape index (κ3) is 4.01. The molecule has 2 rings (SSSR count). The minimum Gasteiger partial charge on any atom is -0.381 e. The molecule has 0 aromatic rings. The lowest BCUT2D eigenvalue weighted by Gasteiger charge is -2.32. The first kappa shape index (κ1) is 12.3. The Kier molecular flexibility index (Phi) is 5.03. The topological polar surface area (TPSA) is 27.7 Å². The molecule has 0 aromatic carbocycles. The van der Waals surface area contributed by atoms with Crippen LogP contribution in [0.4, 0.5) is 0 Å². The fraction of sp³-hybridized carbons (Fsp3) is 1.00. The van der Waals surface area contributed by atoms with Crippen LogP contribution >= 0.6 is 0 Å². The fourth-order valence-electron chi connectivity index (χ4n) is 2.36. The van der Waals surface area contributed by atoms with E-state index in [0.717, 1.165) is 32.2 Å². The van der Waals surface area contributed by atoms with Crippen molar-refractivity contribution in [3.05, 3.63) is 0 Å². The highest BCUT2D eigenvalue weighted by molar-refractivity contribution is 4.71. The monoisotopic (exact) mass is 227 g/mol. The first-order chi connectivity index (χ1) is 7.84. The molecule has 0 spiro atoms. The molecule has 0 bridgehead atoms. The summed E-state index contributed by atoms with van der Waals surface area (Å²) < 4.78 is 5.36. The molecule has 0 saturated carbocycles. The maximum absolute atomic E-state index is 5.36. The van der Waals surface area contributed by atoms with Crippen molar-refractivity contribution >= 4 is 0 Å². The molecule has 2 fully saturated rings. The van der Waals surface area contributed by atoms with Crippen LogP contribution in [0.25, 0.3) is 0 Å². The molecular formula is C12H25N3O. The van der Waals surface area contributed by atoms with Gasteiger partial charge in [-0.2, -0.15) is 0 Å². The summed E-state index contributed by atoms with van der Waals surface area (Å²) in [5, 5.41) is 3.55. The van der Waals surface area contributed by atoms with Crippen molar-refractivity contribution in [1.29, 1.82) is 0 Å².